The van der Waals surface area contributed by atoms with Crippen LogP contribution in [0.15, 0.2) is 18.2 Å². The van der Waals surface area contributed by atoms with E-state index in [-0.39, 0.29) is 5.69 Å². The van der Waals surface area contributed by atoms with Crippen LogP contribution in [0.1, 0.15) is 25.7 Å². The summed E-state index contributed by atoms with van der Waals surface area (Å²) in [6.45, 7) is 3.99. The lowest BCUT2D eigenvalue weighted by atomic mass is 10.1. The van der Waals surface area contributed by atoms with E-state index in [2.05, 4.69) is 4.90 Å². The monoisotopic (exact) mass is 294 g/mol. The zero-order chi connectivity index (χ0) is 15.1. The van der Waals surface area contributed by atoms with E-state index in [1.807, 2.05) is 0 Å². The van der Waals surface area contributed by atoms with Gasteiger partial charge in [0.1, 0.15) is 0 Å². The number of ether oxygens (including phenoxy) is 2. The van der Waals surface area contributed by atoms with Crippen LogP contribution in [0.3, 0.4) is 0 Å². The molecule has 6 heteroatoms. The van der Waals surface area contributed by atoms with E-state index in [1.165, 1.54) is 51.6 Å². The molecule has 6 nitrogen and oxygen atoms in total. The lowest BCUT2D eigenvalue weighted by molar-refractivity contribution is -0.384. The summed E-state index contributed by atoms with van der Waals surface area (Å²) in [7, 11) is 1.49. The van der Waals surface area contributed by atoms with Crippen LogP contribution in [0.4, 0.5) is 5.69 Å². The molecule has 0 radical (unpaired) electrons. The van der Waals surface area contributed by atoms with E-state index in [9.17, 15) is 10.1 Å². The maximum atomic E-state index is 10.7. The number of non-ortho nitro benzene ring substituents is 1. The van der Waals surface area contributed by atoms with Gasteiger partial charge in [-0.15, -0.1) is 0 Å². The molecule has 0 N–H and O–H groups in total. The van der Waals surface area contributed by atoms with Crippen molar-refractivity contribution in [2.45, 2.75) is 25.7 Å². The van der Waals surface area contributed by atoms with Gasteiger partial charge in [-0.3, -0.25) is 10.1 Å². The van der Waals surface area contributed by atoms with Gasteiger partial charge in [0.15, 0.2) is 11.5 Å². The molecule has 0 unspecified atom stereocenters. The second-order valence-corrected chi connectivity index (χ2v) is 5.20. The number of piperidine rings is 1. The molecule has 1 aromatic carbocycles. The molecular weight excluding hydrogens is 272 g/mol. The number of hydrogen-bond acceptors (Lipinski definition) is 5. The van der Waals surface area contributed by atoms with Crippen molar-refractivity contribution in [3.63, 3.8) is 0 Å². The van der Waals surface area contributed by atoms with Crippen LogP contribution in [-0.2, 0) is 0 Å². The van der Waals surface area contributed by atoms with Crippen LogP contribution in [0.2, 0.25) is 0 Å². The number of nitrogens with zero attached hydrogens (tertiary/aromatic N) is 2. The van der Waals surface area contributed by atoms with Crippen molar-refractivity contribution in [1.29, 1.82) is 0 Å². The topological polar surface area (TPSA) is 64.8 Å². The number of hydrogen-bond donors (Lipinski definition) is 0. The lowest BCUT2D eigenvalue weighted by Crippen LogP contribution is -2.31. The third-order valence-electron chi connectivity index (χ3n) is 3.68. The first-order valence-corrected chi connectivity index (χ1v) is 7.38. The fraction of sp³-hybridized carbons (Fsp3) is 0.600. The van der Waals surface area contributed by atoms with Crippen LogP contribution >= 0.6 is 0 Å². The molecule has 1 aromatic rings. The molecule has 1 heterocycles. The Balaban J connectivity index is 1.80. The summed E-state index contributed by atoms with van der Waals surface area (Å²) in [5, 5.41) is 10.7. The molecule has 0 spiro atoms. The Morgan fingerprint density at radius 2 is 2.00 bits per heavy atom. The van der Waals surface area contributed by atoms with Crippen LogP contribution in [0.5, 0.6) is 11.5 Å². The molecule has 1 saturated heterocycles. The van der Waals surface area contributed by atoms with Gasteiger partial charge in [-0.05, 0) is 38.4 Å². The van der Waals surface area contributed by atoms with Gasteiger partial charge in [-0.1, -0.05) is 6.42 Å². The average Bonchev–Trinajstić information content (AvgIpc) is 2.52. The highest BCUT2D eigenvalue weighted by atomic mass is 16.6. The predicted molar refractivity (Wildman–Crippen MR) is 80.1 cm³/mol. The average molecular weight is 294 g/mol. The van der Waals surface area contributed by atoms with Crippen molar-refractivity contribution in [3.05, 3.63) is 28.3 Å². The summed E-state index contributed by atoms with van der Waals surface area (Å²) in [6.07, 6.45) is 4.86. The molecule has 0 atom stereocenters. The lowest BCUT2D eigenvalue weighted by Gasteiger charge is -2.26. The van der Waals surface area contributed by atoms with Crippen LogP contribution in [-0.4, -0.2) is 43.2 Å². The Bertz CT molecular complexity index is 473. The highest BCUT2D eigenvalue weighted by Crippen LogP contribution is 2.31. The summed E-state index contributed by atoms with van der Waals surface area (Å²) in [6, 6.07) is 4.42. The SMILES string of the molecule is COc1cc([N+](=O)[O-])ccc1OCCCN1CCCCC1. The van der Waals surface area contributed by atoms with Crippen molar-refractivity contribution < 1.29 is 14.4 Å². The van der Waals surface area contributed by atoms with Crippen molar-refractivity contribution in [1.82, 2.24) is 4.90 Å². The third-order valence-corrected chi connectivity index (χ3v) is 3.68. The molecule has 0 amide bonds. The van der Waals surface area contributed by atoms with Crippen molar-refractivity contribution in [3.8, 4) is 11.5 Å². The zero-order valence-electron chi connectivity index (χ0n) is 12.4. The number of rotatable bonds is 7. The van der Waals surface area contributed by atoms with E-state index in [4.69, 9.17) is 9.47 Å². The van der Waals surface area contributed by atoms with Crippen LogP contribution in [0.25, 0.3) is 0 Å². The minimum Gasteiger partial charge on any atom is -0.493 e. The Kier molecular flexibility index (Phi) is 5.80. The molecule has 1 aliphatic heterocycles. The van der Waals surface area contributed by atoms with Crippen molar-refractivity contribution in [2.24, 2.45) is 0 Å². The molecule has 21 heavy (non-hydrogen) atoms. The second kappa shape index (κ2) is 7.83. The van der Waals surface area contributed by atoms with E-state index in [1.54, 1.807) is 6.07 Å². The molecule has 0 saturated carbocycles. The van der Waals surface area contributed by atoms with Crippen LogP contribution < -0.4 is 9.47 Å². The summed E-state index contributed by atoms with van der Waals surface area (Å²) in [5.74, 6) is 0.962. The molecule has 0 aliphatic carbocycles. The quantitative estimate of drug-likeness (QED) is 0.439. The molecule has 0 aromatic heterocycles. The third kappa shape index (κ3) is 4.60. The summed E-state index contributed by atoms with van der Waals surface area (Å²) in [5.41, 5.74) is 0.00696. The van der Waals surface area contributed by atoms with Crippen molar-refractivity contribution >= 4 is 5.69 Å². The number of nitro benzene ring substituents is 1. The van der Waals surface area contributed by atoms with Gasteiger partial charge >= 0.3 is 0 Å². The predicted octanol–water partition coefficient (Wildman–Crippen LogP) is 2.86. The number of nitro groups is 1. The van der Waals surface area contributed by atoms with E-state index in [0.29, 0.717) is 18.1 Å². The van der Waals surface area contributed by atoms with Crippen LogP contribution in [0, 0.1) is 10.1 Å². The Morgan fingerprint density at radius 1 is 1.24 bits per heavy atom. The molecule has 0 bridgehead atoms. The normalized spacial score (nSPS) is 15.7. The maximum absolute atomic E-state index is 10.7. The number of likely N-dealkylation sites (tertiary alicyclic amines) is 1. The Morgan fingerprint density at radius 3 is 2.67 bits per heavy atom. The van der Waals surface area contributed by atoms with Gasteiger partial charge in [-0.2, -0.15) is 0 Å². The van der Waals surface area contributed by atoms with Crippen molar-refractivity contribution in [2.75, 3.05) is 33.4 Å². The maximum Gasteiger partial charge on any atom is 0.273 e. The molecular formula is C15H22N2O4. The second-order valence-electron chi connectivity index (χ2n) is 5.20. The fourth-order valence-corrected chi connectivity index (χ4v) is 2.54. The number of benzene rings is 1. The van der Waals surface area contributed by atoms with E-state index < -0.39 is 4.92 Å². The fourth-order valence-electron chi connectivity index (χ4n) is 2.54. The van der Waals surface area contributed by atoms with Gasteiger partial charge in [-0.25, -0.2) is 0 Å². The van der Waals surface area contributed by atoms with Gasteiger partial charge in [0.05, 0.1) is 24.7 Å². The standard InChI is InChI=1S/C15H22N2O4/c1-20-15-12-13(17(18)19)6-7-14(15)21-11-5-10-16-8-3-2-4-9-16/h6-7,12H,2-5,8-11H2,1H3. The first-order chi connectivity index (χ1) is 10.2. The van der Waals surface area contributed by atoms with Gasteiger partial charge in [0.25, 0.3) is 5.69 Å². The largest absolute Gasteiger partial charge is 0.493 e. The minimum atomic E-state index is -0.442. The number of methoxy groups -OCH3 is 1. The highest BCUT2D eigenvalue weighted by Gasteiger charge is 2.13. The smallest absolute Gasteiger partial charge is 0.273 e. The zero-order valence-corrected chi connectivity index (χ0v) is 12.4. The summed E-state index contributed by atoms with van der Waals surface area (Å²) < 4.78 is 10.8. The van der Waals surface area contributed by atoms with E-state index in [0.717, 1.165) is 13.0 Å². The molecule has 116 valence electrons. The Hall–Kier alpha value is -1.82. The first-order valence-electron chi connectivity index (χ1n) is 7.38. The molecule has 2 rings (SSSR count). The van der Waals surface area contributed by atoms with Gasteiger partial charge < -0.3 is 14.4 Å². The highest BCUT2D eigenvalue weighted by molar-refractivity contribution is 5.48. The first kappa shape index (κ1) is 15.6. The van der Waals surface area contributed by atoms with Gasteiger partial charge in [0, 0.05) is 12.6 Å². The Labute approximate surface area is 124 Å². The molecule has 1 aliphatic rings. The summed E-state index contributed by atoms with van der Waals surface area (Å²) >= 11 is 0. The summed E-state index contributed by atoms with van der Waals surface area (Å²) in [4.78, 5) is 12.7. The van der Waals surface area contributed by atoms with E-state index >= 15 is 0 Å². The molecule has 1 fully saturated rings. The van der Waals surface area contributed by atoms with Gasteiger partial charge in [0.2, 0.25) is 0 Å². The minimum absolute atomic E-state index is 0.00696.